The molecule has 0 unspecified atom stereocenters. The molecule has 3 aromatic rings. The number of anilines is 1. The van der Waals surface area contributed by atoms with Gasteiger partial charge < -0.3 is 5.32 Å². The summed E-state index contributed by atoms with van der Waals surface area (Å²) in [7, 11) is -3.81. The molecule has 4 rings (SSSR count). The van der Waals surface area contributed by atoms with Crippen LogP contribution in [0.4, 0.5) is 10.1 Å². The minimum Gasteiger partial charge on any atom is -0.324 e. The van der Waals surface area contributed by atoms with Gasteiger partial charge in [0, 0.05) is 27.6 Å². The summed E-state index contributed by atoms with van der Waals surface area (Å²) in [6, 6.07) is 11.8. The zero-order valence-corrected chi connectivity index (χ0v) is 16.2. The molecule has 1 atom stereocenters. The number of carbonyl (C=O) groups is 1. The van der Waals surface area contributed by atoms with E-state index < -0.39 is 9.84 Å². The molecule has 1 amide bonds. The van der Waals surface area contributed by atoms with Crippen LogP contribution in [0.25, 0.3) is 0 Å². The van der Waals surface area contributed by atoms with E-state index in [4.69, 9.17) is 11.6 Å². The molecule has 1 N–H and O–H groups in total. The van der Waals surface area contributed by atoms with Crippen LogP contribution in [-0.4, -0.2) is 14.3 Å². The third-order valence-electron chi connectivity index (χ3n) is 4.44. The molecule has 2 aromatic carbocycles. The number of carbonyl (C=O) groups excluding carboxylic acids is 1. The first-order valence-electron chi connectivity index (χ1n) is 8.03. The van der Waals surface area contributed by atoms with Crippen LogP contribution in [0, 0.1) is 5.82 Å². The number of amides is 1. The second-order valence-electron chi connectivity index (χ2n) is 6.15. The molecule has 1 aliphatic heterocycles. The first-order chi connectivity index (χ1) is 12.9. The summed E-state index contributed by atoms with van der Waals surface area (Å²) in [6.45, 7) is 0. The maximum absolute atomic E-state index is 13.2. The van der Waals surface area contributed by atoms with E-state index in [-0.39, 0.29) is 33.9 Å². The standard InChI is InChI=1S/C19H13ClFNO3S2/c20-12-3-7-14(8-4-12)27(24,25)16-10-26-19-15(9-17(23)22-18(16)19)11-1-5-13(21)6-2-11/h1-8,10,15H,9H2,(H,22,23)/t15-/m1/s1. The molecular formula is C19H13ClFNO3S2. The lowest BCUT2D eigenvalue weighted by Gasteiger charge is -2.23. The lowest BCUT2D eigenvalue weighted by atomic mass is 9.91. The Morgan fingerprint density at radius 2 is 1.74 bits per heavy atom. The lowest BCUT2D eigenvalue weighted by Crippen LogP contribution is -2.23. The van der Waals surface area contributed by atoms with Crippen LogP contribution >= 0.6 is 22.9 Å². The van der Waals surface area contributed by atoms with Crippen LogP contribution in [0.5, 0.6) is 0 Å². The minimum atomic E-state index is -3.81. The predicted octanol–water partition coefficient (Wildman–Crippen LogP) is 4.85. The van der Waals surface area contributed by atoms with Gasteiger partial charge in [-0.15, -0.1) is 11.3 Å². The van der Waals surface area contributed by atoms with Crippen LogP contribution < -0.4 is 5.32 Å². The average Bonchev–Trinajstić information content (AvgIpc) is 3.06. The van der Waals surface area contributed by atoms with E-state index in [2.05, 4.69) is 5.32 Å². The number of rotatable bonds is 3. The fourth-order valence-electron chi connectivity index (χ4n) is 3.11. The molecule has 0 bridgehead atoms. The number of thiophene rings is 1. The maximum atomic E-state index is 13.2. The van der Waals surface area contributed by atoms with Crippen molar-refractivity contribution in [2.24, 2.45) is 0 Å². The van der Waals surface area contributed by atoms with Gasteiger partial charge in [0.2, 0.25) is 15.7 Å². The molecule has 0 saturated heterocycles. The van der Waals surface area contributed by atoms with Crippen molar-refractivity contribution in [1.29, 1.82) is 0 Å². The largest absolute Gasteiger partial charge is 0.324 e. The number of halogens is 2. The number of nitrogens with one attached hydrogen (secondary N) is 1. The maximum Gasteiger partial charge on any atom is 0.225 e. The van der Waals surface area contributed by atoms with Crippen molar-refractivity contribution in [3.8, 4) is 0 Å². The van der Waals surface area contributed by atoms with Crippen molar-refractivity contribution in [2.45, 2.75) is 22.1 Å². The van der Waals surface area contributed by atoms with Crippen LogP contribution in [0.3, 0.4) is 0 Å². The summed E-state index contributed by atoms with van der Waals surface area (Å²) in [5, 5.41) is 4.67. The van der Waals surface area contributed by atoms with Gasteiger partial charge in [-0.25, -0.2) is 12.8 Å². The van der Waals surface area contributed by atoms with E-state index in [9.17, 15) is 17.6 Å². The van der Waals surface area contributed by atoms with Crippen LogP contribution in [0.1, 0.15) is 22.8 Å². The third-order valence-corrected chi connectivity index (χ3v) is 7.73. The van der Waals surface area contributed by atoms with Crippen molar-refractivity contribution >= 4 is 44.4 Å². The average molecular weight is 422 g/mol. The molecule has 0 spiro atoms. The quantitative estimate of drug-likeness (QED) is 0.657. The van der Waals surface area contributed by atoms with E-state index in [1.807, 2.05) is 0 Å². The number of fused-ring (bicyclic) bond motifs is 1. The molecular weight excluding hydrogens is 409 g/mol. The zero-order valence-electron chi connectivity index (χ0n) is 13.8. The molecule has 4 nitrogen and oxygen atoms in total. The molecule has 1 aliphatic rings. The Bertz CT molecular complexity index is 1120. The Labute approximate surface area is 164 Å². The fraction of sp³-hybridized carbons (Fsp3) is 0.105. The molecule has 0 radical (unpaired) electrons. The summed E-state index contributed by atoms with van der Waals surface area (Å²) in [5.74, 6) is -0.951. The summed E-state index contributed by atoms with van der Waals surface area (Å²) >= 11 is 7.11. The smallest absolute Gasteiger partial charge is 0.225 e. The van der Waals surface area contributed by atoms with Gasteiger partial charge in [0.15, 0.2) is 0 Å². The third kappa shape index (κ3) is 3.26. The Hall–Kier alpha value is -2.22. The van der Waals surface area contributed by atoms with Gasteiger partial charge in [-0.1, -0.05) is 23.7 Å². The molecule has 0 fully saturated rings. The normalized spacial score (nSPS) is 16.7. The Morgan fingerprint density at radius 3 is 2.41 bits per heavy atom. The van der Waals surface area contributed by atoms with Gasteiger partial charge in [-0.3, -0.25) is 4.79 Å². The molecule has 138 valence electrons. The van der Waals surface area contributed by atoms with Crippen molar-refractivity contribution in [3.63, 3.8) is 0 Å². The van der Waals surface area contributed by atoms with Gasteiger partial charge >= 0.3 is 0 Å². The molecule has 1 aromatic heterocycles. The summed E-state index contributed by atoms with van der Waals surface area (Å²) in [4.78, 5) is 13.1. The van der Waals surface area contributed by atoms with Crippen molar-refractivity contribution < 1.29 is 17.6 Å². The molecule has 27 heavy (non-hydrogen) atoms. The van der Waals surface area contributed by atoms with E-state index >= 15 is 0 Å². The summed E-state index contributed by atoms with van der Waals surface area (Å²) < 4.78 is 39.3. The van der Waals surface area contributed by atoms with Gasteiger partial charge in [0.05, 0.1) is 10.6 Å². The van der Waals surface area contributed by atoms with Crippen LogP contribution in [-0.2, 0) is 14.6 Å². The summed E-state index contributed by atoms with van der Waals surface area (Å²) in [5.41, 5.74) is 1.07. The monoisotopic (exact) mass is 421 g/mol. The van der Waals surface area contributed by atoms with E-state index in [1.54, 1.807) is 12.1 Å². The van der Waals surface area contributed by atoms with E-state index in [0.29, 0.717) is 10.7 Å². The van der Waals surface area contributed by atoms with Gasteiger partial charge in [0.1, 0.15) is 10.7 Å². The topological polar surface area (TPSA) is 63.2 Å². The fourth-order valence-corrected chi connectivity index (χ4v) is 6.14. The van der Waals surface area contributed by atoms with Gasteiger partial charge in [0.25, 0.3) is 0 Å². The van der Waals surface area contributed by atoms with Crippen LogP contribution in [0.15, 0.2) is 63.7 Å². The second kappa shape index (κ2) is 6.74. The molecule has 2 heterocycles. The predicted molar refractivity (Wildman–Crippen MR) is 103 cm³/mol. The number of hydrogen-bond donors (Lipinski definition) is 1. The highest BCUT2D eigenvalue weighted by Crippen LogP contribution is 2.45. The summed E-state index contributed by atoms with van der Waals surface area (Å²) in [6.07, 6.45) is 0.180. The highest BCUT2D eigenvalue weighted by Gasteiger charge is 2.34. The first kappa shape index (κ1) is 18.2. The van der Waals surface area contributed by atoms with Crippen molar-refractivity contribution in [2.75, 3.05) is 5.32 Å². The molecule has 8 heteroatoms. The molecule has 0 aliphatic carbocycles. The Kier molecular flexibility index (Phi) is 4.53. The first-order valence-corrected chi connectivity index (χ1v) is 10.8. The van der Waals surface area contributed by atoms with Gasteiger partial charge in [-0.2, -0.15) is 0 Å². The highest BCUT2D eigenvalue weighted by atomic mass is 35.5. The van der Waals surface area contributed by atoms with Gasteiger partial charge in [-0.05, 0) is 42.0 Å². The SMILES string of the molecule is O=C1C[C@H](c2ccc(F)cc2)c2scc(S(=O)(=O)c3ccc(Cl)cc3)c2N1. The number of hydrogen-bond acceptors (Lipinski definition) is 4. The number of sulfone groups is 1. The van der Waals surface area contributed by atoms with E-state index in [0.717, 1.165) is 10.4 Å². The van der Waals surface area contributed by atoms with Crippen molar-refractivity contribution in [1.82, 2.24) is 0 Å². The van der Waals surface area contributed by atoms with Crippen molar-refractivity contribution in [3.05, 3.63) is 75.2 Å². The lowest BCUT2D eigenvalue weighted by molar-refractivity contribution is -0.116. The number of benzene rings is 2. The van der Waals surface area contributed by atoms with E-state index in [1.165, 1.54) is 53.1 Å². The second-order valence-corrected chi connectivity index (χ2v) is 9.42. The Morgan fingerprint density at radius 1 is 1.07 bits per heavy atom. The highest BCUT2D eigenvalue weighted by molar-refractivity contribution is 7.91. The Balaban J connectivity index is 1.82. The van der Waals surface area contributed by atoms with Crippen LogP contribution in [0.2, 0.25) is 5.02 Å². The minimum absolute atomic E-state index is 0.0602. The molecule has 0 saturated carbocycles. The zero-order chi connectivity index (χ0) is 19.2.